The first kappa shape index (κ1) is 12.3. The molecule has 0 radical (unpaired) electrons. The maximum Gasteiger partial charge on any atom is 0.0715 e. The Morgan fingerprint density at radius 2 is 2.00 bits per heavy atom. The van der Waals surface area contributed by atoms with Gasteiger partial charge in [0.05, 0.1) is 17.9 Å². The van der Waals surface area contributed by atoms with E-state index in [1.54, 1.807) is 29.7 Å². The molecule has 18 heavy (non-hydrogen) atoms. The molecule has 1 N–H and O–H groups in total. The second-order valence-corrected chi connectivity index (χ2v) is 5.00. The van der Waals surface area contributed by atoms with Gasteiger partial charge in [0.2, 0.25) is 0 Å². The van der Waals surface area contributed by atoms with Crippen LogP contribution in [0.4, 0.5) is 5.69 Å². The number of anilines is 1. The van der Waals surface area contributed by atoms with E-state index in [1.807, 2.05) is 19.1 Å². The summed E-state index contributed by atoms with van der Waals surface area (Å²) in [5, 5.41) is 14.6. The lowest BCUT2D eigenvalue weighted by molar-refractivity contribution is -0.255. The number of aromatic carboxylic acids is 1. The van der Waals surface area contributed by atoms with E-state index in [0.29, 0.717) is 0 Å². The van der Waals surface area contributed by atoms with Gasteiger partial charge >= 0.3 is 0 Å². The van der Waals surface area contributed by atoms with Crippen molar-refractivity contribution in [3.05, 3.63) is 51.7 Å². The number of nitrogens with zero attached hydrogens (tertiary/aromatic N) is 1. The number of thiophene rings is 1. The van der Waals surface area contributed by atoms with Crippen molar-refractivity contribution in [1.29, 1.82) is 0 Å². The van der Waals surface area contributed by atoms with E-state index in [0.717, 1.165) is 10.6 Å². The predicted molar refractivity (Wildman–Crippen MR) is 71.0 cm³/mol. The zero-order valence-electron chi connectivity index (χ0n) is 9.71. The molecule has 1 heterocycles. The van der Waals surface area contributed by atoms with Gasteiger partial charge in [-0.3, -0.25) is 5.43 Å². The second kappa shape index (κ2) is 5.46. The van der Waals surface area contributed by atoms with Crippen LogP contribution in [-0.4, -0.2) is 12.2 Å². The minimum atomic E-state index is -1.18. The van der Waals surface area contributed by atoms with E-state index < -0.39 is 5.97 Å². The highest BCUT2D eigenvalue weighted by Gasteiger charge is 1.94. The summed E-state index contributed by atoms with van der Waals surface area (Å²) in [5.41, 5.74) is 3.71. The number of rotatable bonds is 4. The molecule has 5 heteroatoms. The zero-order valence-corrected chi connectivity index (χ0v) is 10.5. The van der Waals surface area contributed by atoms with Gasteiger partial charge in [0.15, 0.2) is 0 Å². The van der Waals surface area contributed by atoms with Crippen LogP contribution in [0.5, 0.6) is 0 Å². The first-order valence-electron chi connectivity index (χ1n) is 5.32. The SMILES string of the molecule is Cc1ccc(/C=N\Nc2ccc(C(=O)[O-])cc2)s1. The van der Waals surface area contributed by atoms with Crippen LogP contribution in [0.2, 0.25) is 0 Å². The Labute approximate surface area is 109 Å². The molecule has 1 aromatic heterocycles. The molecule has 0 spiro atoms. The number of hydrogen-bond donors (Lipinski definition) is 1. The van der Waals surface area contributed by atoms with Gasteiger partial charge in [0.25, 0.3) is 0 Å². The molecule has 0 unspecified atom stereocenters. The van der Waals surface area contributed by atoms with Crippen LogP contribution in [0.25, 0.3) is 0 Å². The molecule has 0 aliphatic carbocycles. The van der Waals surface area contributed by atoms with Crippen molar-refractivity contribution in [3.8, 4) is 0 Å². The Bertz CT molecular complexity index is 573. The number of carbonyl (C=O) groups is 1. The van der Waals surface area contributed by atoms with Crippen molar-refractivity contribution in [2.75, 3.05) is 5.43 Å². The molecule has 0 saturated heterocycles. The highest BCUT2D eigenvalue weighted by atomic mass is 32.1. The van der Waals surface area contributed by atoms with Crippen LogP contribution >= 0.6 is 11.3 Å². The Morgan fingerprint density at radius 1 is 1.28 bits per heavy atom. The van der Waals surface area contributed by atoms with Gasteiger partial charge in [-0.15, -0.1) is 11.3 Å². The summed E-state index contributed by atoms with van der Waals surface area (Å²) in [6.07, 6.45) is 1.73. The summed E-state index contributed by atoms with van der Waals surface area (Å²) < 4.78 is 0. The minimum Gasteiger partial charge on any atom is -0.545 e. The van der Waals surface area contributed by atoms with Crippen LogP contribution < -0.4 is 10.5 Å². The van der Waals surface area contributed by atoms with Gasteiger partial charge in [-0.05, 0) is 36.8 Å². The number of carbonyl (C=O) groups excluding carboxylic acids is 1. The second-order valence-electron chi connectivity index (χ2n) is 3.68. The largest absolute Gasteiger partial charge is 0.545 e. The fraction of sp³-hybridized carbons (Fsp3) is 0.0769. The van der Waals surface area contributed by atoms with Gasteiger partial charge in [0.1, 0.15) is 0 Å². The molecule has 92 valence electrons. The first-order chi connectivity index (χ1) is 8.65. The van der Waals surface area contributed by atoms with Crippen molar-refractivity contribution in [1.82, 2.24) is 0 Å². The third kappa shape index (κ3) is 3.18. The van der Waals surface area contributed by atoms with E-state index >= 15 is 0 Å². The lowest BCUT2D eigenvalue weighted by Crippen LogP contribution is -2.21. The third-order valence-corrected chi connectivity index (χ3v) is 3.20. The topological polar surface area (TPSA) is 64.5 Å². The van der Waals surface area contributed by atoms with Crippen molar-refractivity contribution in [2.45, 2.75) is 6.92 Å². The maximum absolute atomic E-state index is 10.6. The lowest BCUT2D eigenvalue weighted by Gasteiger charge is -2.03. The molecule has 0 bridgehead atoms. The monoisotopic (exact) mass is 259 g/mol. The van der Waals surface area contributed by atoms with Crippen molar-refractivity contribution in [2.24, 2.45) is 5.10 Å². The molecule has 4 nitrogen and oxygen atoms in total. The summed E-state index contributed by atoms with van der Waals surface area (Å²) in [4.78, 5) is 12.8. The highest BCUT2D eigenvalue weighted by Crippen LogP contribution is 2.13. The predicted octanol–water partition coefficient (Wildman–Crippen LogP) is 1.87. The van der Waals surface area contributed by atoms with E-state index in [1.165, 1.54) is 17.0 Å². The molecule has 2 rings (SSSR count). The van der Waals surface area contributed by atoms with E-state index in [2.05, 4.69) is 10.5 Å². The number of carboxylic acid groups (broad SMARTS) is 1. The van der Waals surface area contributed by atoms with Gasteiger partial charge in [-0.2, -0.15) is 5.10 Å². The molecule has 0 aliphatic rings. The normalized spacial score (nSPS) is 10.7. The first-order valence-corrected chi connectivity index (χ1v) is 6.14. The van der Waals surface area contributed by atoms with Gasteiger partial charge in [0, 0.05) is 9.75 Å². The smallest absolute Gasteiger partial charge is 0.0715 e. The van der Waals surface area contributed by atoms with Crippen LogP contribution in [0.1, 0.15) is 20.1 Å². The molecule has 0 fully saturated rings. The summed E-state index contributed by atoms with van der Waals surface area (Å²) in [5.74, 6) is -1.18. The molecule has 2 aromatic rings. The number of carboxylic acids is 1. The zero-order chi connectivity index (χ0) is 13.0. The maximum atomic E-state index is 10.6. The summed E-state index contributed by atoms with van der Waals surface area (Å²) in [7, 11) is 0. The van der Waals surface area contributed by atoms with Gasteiger partial charge in [-0.25, -0.2) is 0 Å². The number of hydrogen-bond acceptors (Lipinski definition) is 5. The molecule has 0 amide bonds. The lowest BCUT2D eigenvalue weighted by atomic mass is 10.2. The fourth-order valence-electron chi connectivity index (χ4n) is 1.37. The van der Waals surface area contributed by atoms with Crippen molar-refractivity contribution >= 4 is 29.2 Å². The molecular formula is C13H11N2O2S-. The van der Waals surface area contributed by atoms with E-state index in [-0.39, 0.29) is 5.56 Å². The Balaban J connectivity index is 1.98. The van der Waals surface area contributed by atoms with Gasteiger partial charge < -0.3 is 9.90 Å². The fourth-order valence-corrected chi connectivity index (χ4v) is 2.12. The molecule has 0 atom stereocenters. The Morgan fingerprint density at radius 3 is 2.56 bits per heavy atom. The highest BCUT2D eigenvalue weighted by molar-refractivity contribution is 7.13. The quantitative estimate of drug-likeness (QED) is 0.673. The van der Waals surface area contributed by atoms with Crippen molar-refractivity contribution in [3.63, 3.8) is 0 Å². The summed E-state index contributed by atoms with van der Waals surface area (Å²) in [6.45, 7) is 2.04. The number of hydrazone groups is 1. The third-order valence-electron chi connectivity index (χ3n) is 2.27. The van der Waals surface area contributed by atoms with Crippen LogP contribution in [0, 0.1) is 6.92 Å². The van der Waals surface area contributed by atoms with Crippen LogP contribution in [0.15, 0.2) is 41.5 Å². The van der Waals surface area contributed by atoms with Gasteiger partial charge in [-0.1, -0.05) is 12.1 Å². The summed E-state index contributed by atoms with van der Waals surface area (Å²) in [6, 6.07) is 10.3. The Kier molecular flexibility index (Phi) is 3.74. The Hall–Kier alpha value is -2.14. The van der Waals surface area contributed by atoms with Crippen LogP contribution in [0.3, 0.4) is 0 Å². The molecular weight excluding hydrogens is 248 g/mol. The average molecular weight is 259 g/mol. The van der Waals surface area contributed by atoms with E-state index in [9.17, 15) is 9.90 Å². The minimum absolute atomic E-state index is 0.151. The van der Waals surface area contributed by atoms with E-state index in [4.69, 9.17) is 0 Å². The number of aryl methyl sites for hydroxylation is 1. The standard InChI is InChI=1S/C13H12N2O2S/c1-9-2-7-12(18-9)8-14-15-11-5-3-10(4-6-11)13(16)17/h2-8,15H,1H3,(H,16,17)/p-1/b14-8-. The molecule has 0 saturated carbocycles. The number of nitrogens with one attached hydrogen (secondary N) is 1. The average Bonchev–Trinajstić information content (AvgIpc) is 2.76. The van der Waals surface area contributed by atoms with Crippen LogP contribution in [-0.2, 0) is 0 Å². The summed E-state index contributed by atoms with van der Waals surface area (Å²) >= 11 is 1.65. The van der Waals surface area contributed by atoms with Crippen molar-refractivity contribution < 1.29 is 9.90 Å². The molecule has 1 aromatic carbocycles. The number of benzene rings is 1. The molecule has 0 aliphatic heterocycles.